The molecule has 1 aliphatic rings. The lowest BCUT2D eigenvalue weighted by Crippen LogP contribution is -2.21. The van der Waals surface area contributed by atoms with E-state index in [1.165, 1.54) is 6.92 Å². The van der Waals surface area contributed by atoms with Crippen LogP contribution in [0.3, 0.4) is 0 Å². The Bertz CT molecular complexity index is 896. The molecule has 0 aliphatic heterocycles. The van der Waals surface area contributed by atoms with E-state index in [-0.39, 0.29) is 47.9 Å². The van der Waals surface area contributed by atoms with Gasteiger partial charge in [-0.05, 0) is 67.2 Å². The number of phenols is 2. The van der Waals surface area contributed by atoms with Crippen molar-refractivity contribution in [3.05, 3.63) is 57.2 Å². The van der Waals surface area contributed by atoms with E-state index < -0.39 is 5.09 Å². The second-order valence-corrected chi connectivity index (χ2v) is 9.45. The smallest absolute Gasteiger partial charge is 0.302 e. The van der Waals surface area contributed by atoms with E-state index in [9.17, 15) is 25.1 Å². The Kier molecular flexibility index (Phi) is 8.91. The molecule has 33 heavy (non-hydrogen) atoms. The van der Waals surface area contributed by atoms with Crippen molar-refractivity contribution in [3.8, 4) is 11.5 Å². The van der Waals surface area contributed by atoms with Crippen molar-refractivity contribution in [1.82, 2.24) is 0 Å². The lowest BCUT2D eigenvalue weighted by atomic mass is 9.72. The number of carbonyl (C=O) groups excluding carboxylic acids is 1. The van der Waals surface area contributed by atoms with Gasteiger partial charge in [0.05, 0.1) is 6.61 Å². The number of hydrogen-bond donors (Lipinski definition) is 2. The monoisotopic (exact) mass is 461 g/mol. The molecule has 2 rings (SSSR count). The molecule has 0 spiro atoms. The van der Waals surface area contributed by atoms with Crippen LogP contribution in [-0.4, -0.2) is 34.5 Å². The Hall–Kier alpha value is -3.03. The molecule has 0 unspecified atom stereocenters. The van der Waals surface area contributed by atoms with Crippen molar-refractivity contribution in [1.29, 1.82) is 0 Å². The highest BCUT2D eigenvalue weighted by Crippen LogP contribution is 2.48. The lowest BCUT2D eigenvalue weighted by Gasteiger charge is -2.33. The van der Waals surface area contributed by atoms with Gasteiger partial charge < -0.3 is 19.8 Å². The quantitative estimate of drug-likeness (QED) is 0.151. The van der Waals surface area contributed by atoms with E-state index in [0.29, 0.717) is 24.8 Å². The number of esters is 1. The van der Waals surface area contributed by atoms with Crippen LogP contribution in [0.5, 0.6) is 11.5 Å². The summed E-state index contributed by atoms with van der Waals surface area (Å²) in [5.41, 5.74) is 2.78. The van der Waals surface area contributed by atoms with Crippen LogP contribution in [0.2, 0.25) is 0 Å². The molecule has 0 bridgehead atoms. The first-order chi connectivity index (χ1) is 15.4. The maximum absolute atomic E-state index is 11.2. The summed E-state index contributed by atoms with van der Waals surface area (Å²) in [4.78, 5) is 25.8. The predicted octanol–water partition coefficient (Wildman–Crippen LogP) is 5.31. The van der Waals surface area contributed by atoms with Crippen LogP contribution in [0, 0.1) is 16.0 Å². The number of phenolic OH excluding ortho intramolecular Hbond substituents is 2. The SMILES string of the molecule is C=C(C)[C@H]1CCC(COC(C)=O)=C[C@@H]1c1c(O)cc(C(C)(C)CCCCO[N+](=O)[O-])cc1O. The van der Waals surface area contributed by atoms with E-state index in [0.717, 1.165) is 29.6 Å². The summed E-state index contributed by atoms with van der Waals surface area (Å²) in [6.07, 6.45) is 5.46. The van der Waals surface area contributed by atoms with Crippen molar-refractivity contribution in [2.75, 3.05) is 13.2 Å². The van der Waals surface area contributed by atoms with Crippen LogP contribution < -0.4 is 0 Å². The summed E-state index contributed by atoms with van der Waals surface area (Å²) >= 11 is 0. The highest BCUT2D eigenvalue weighted by molar-refractivity contribution is 5.66. The van der Waals surface area contributed by atoms with E-state index in [2.05, 4.69) is 11.4 Å². The zero-order chi connectivity index (χ0) is 24.8. The van der Waals surface area contributed by atoms with Crippen molar-refractivity contribution in [2.24, 2.45) is 5.92 Å². The van der Waals surface area contributed by atoms with Crippen molar-refractivity contribution in [3.63, 3.8) is 0 Å². The fourth-order valence-electron chi connectivity index (χ4n) is 4.43. The Morgan fingerprint density at radius 1 is 1.24 bits per heavy atom. The molecule has 8 heteroatoms. The Labute approximate surface area is 195 Å². The fourth-order valence-corrected chi connectivity index (χ4v) is 4.43. The molecule has 1 aromatic rings. The number of aromatic hydroxyl groups is 2. The molecule has 1 aromatic carbocycles. The van der Waals surface area contributed by atoms with Gasteiger partial charge in [0.2, 0.25) is 0 Å². The molecule has 0 fully saturated rings. The van der Waals surface area contributed by atoms with Gasteiger partial charge in [-0.2, -0.15) is 0 Å². The summed E-state index contributed by atoms with van der Waals surface area (Å²) in [5.74, 6) is -0.565. The topological polar surface area (TPSA) is 119 Å². The molecule has 2 N–H and O–H groups in total. The fraction of sp³-hybridized carbons (Fsp3) is 0.560. The minimum atomic E-state index is -0.796. The molecule has 1 aliphatic carbocycles. The number of benzene rings is 1. The van der Waals surface area contributed by atoms with Crippen LogP contribution in [0.4, 0.5) is 0 Å². The van der Waals surface area contributed by atoms with E-state index in [4.69, 9.17) is 4.74 Å². The zero-order valence-corrected chi connectivity index (χ0v) is 19.9. The van der Waals surface area contributed by atoms with Crippen LogP contribution in [0.15, 0.2) is 35.9 Å². The molecular weight excluding hydrogens is 426 g/mol. The van der Waals surface area contributed by atoms with Gasteiger partial charge in [-0.1, -0.05) is 38.5 Å². The normalized spacial score (nSPS) is 18.4. The van der Waals surface area contributed by atoms with Crippen molar-refractivity contribution in [2.45, 2.75) is 71.1 Å². The molecule has 0 saturated heterocycles. The van der Waals surface area contributed by atoms with Gasteiger partial charge in [0.15, 0.2) is 0 Å². The van der Waals surface area contributed by atoms with Gasteiger partial charge in [-0.3, -0.25) is 4.79 Å². The summed E-state index contributed by atoms with van der Waals surface area (Å²) in [6, 6.07) is 3.37. The average molecular weight is 462 g/mol. The maximum Gasteiger partial charge on any atom is 0.302 e. The first-order valence-corrected chi connectivity index (χ1v) is 11.2. The predicted molar refractivity (Wildman–Crippen MR) is 125 cm³/mol. The second-order valence-electron chi connectivity index (χ2n) is 9.45. The minimum Gasteiger partial charge on any atom is -0.507 e. The second kappa shape index (κ2) is 11.2. The van der Waals surface area contributed by atoms with Gasteiger partial charge in [0.25, 0.3) is 5.09 Å². The molecule has 0 saturated carbocycles. The van der Waals surface area contributed by atoms with Crippen LogP contribution >= 0.6 is 0 Å². The number of ether oxygens (including phenoxy) is 1. The first-order valence-electron chi connectivity index (χ1n) is 11.2. The standard InChI is InChI=1S/C25H35NO7/c1-16(2)20-9-8-18(15-32-17(3)27)12-21(20)24-22(28)13-19(14-23(24)29)25(4,5)10-6-7-11-33-26(30)31/h12-14,20-21,28-29H,1,6-11,15H2,2-5H3/t20-,21+/m1/s1. The molecule has 2 atom stereocenters. The Balaban J connectivity index is 2.27. The highest BCUT2D eigenvalue weighted by Gasteiger charge is 2.32. The van der Waals surface area contributed by atoms with Gasteiger partial charge in [0.1, 0.15) is 18.1 Å². The van der Waals surface area contributed by atoms with Crippen LogP contribution in [0.1, 0.15) is 76.8 Å². The number of carbonyl (C=O) groups is 1. The molecule has 8 nitrogen and oxygen atoms in total. The highest BCUT2D eigenvalue weighted by atomic mass is 16.9. The molecule has 0 aromatic heterocycles. The van der Waals surface area contributed by atoms with E-state index >= 15 is 0 Å². The van der Waals surface area contributed by atoms with Crippen molar-refractivity contribution >= 4 is 5.97 Å². The molecular formula is C25H35NO7. The summed E-state index contributed by atoms with van der Waals surface area (Å²) in [6.45, 7) is 11.7. The van der Waals surface area contributed by atoms with Crippen LogP contribution in [0.25, 0.3) is 0 Å². The summed E-state index contributed by atoms with van der Waals surface area (Å²) in [5, 5.41) is 31.4. The summed E-state index contributed by atoms with van der Waals surface area (Å²) < 4.78 is 5.15. The Morgan fingerprint density at radius 3 is 2.42 bits per heavy atom. The zero-order valence-electron chi connectivity index (χ0n) is 19.9. The molecule has 0 heterocycles. The van der Waals surface area contributed by atoms with Gasteiger partial charge in [-0.25, -0.2) is 0 Å². The number of nitrogens with zero attached hydrogens (tertiary/aromatic N) is 1. The minimum absolute atomic E-state index is 0.0102. The first kappa shape index (κ1) is 26.2. The van der Waals surface area contributed by atoms with Crippen LogP contribution in [-0.2, 0) is 19.8 Å². The summed E-state index contributed by atoms with van der Waals surface area (Å²) in [7, 11) is 0. The Morgan fingerprint density at radius 2 is 1.88 bits per heavy atom. The van der Waals surface area contributed by atoms with Gasteiger partial charge in [0, 0.05) is 18.4 Å². The van der Waals surface area contributed by atoms with Gasteiger partial charge >= 0.3 is 5.97 Å². The van der Waals surface area contributed by atoms with E-state index in [1.54, 1.807) is 12.1 Å². The molecule has 0 amide bonds. The average Bonchev–Trinajstić information content (AvgIpc) is 2.71. The van der Waals surface area contributed by atoms with Gasteiger partial charge in [-0.15, -0.1) is 10.1 Å². The van der Waals surface area contributed by atoms with Crippen molar-refractivity contribution < 1.29 is 29.7 Å². The third kappa shape index (κ3) is 7.23. The third-order valence-corrected chi connectivity index (χ3v) is 6.36. The number of rotatable bonds is 11. The number of hydrogen-bond acceptors (Lipinski definition) is 7. The number of unbranched alkanes of at least 4 members (excludes halogenated alkanes) is 1. The maximum atomic E-state index is 11.2. The largest absolute Gasteiger partial charge is 0.507 e. The number of allylic oxidation sites excluding steroid dienone is 2. The van der Waals surface area contributed by atoms with E-state index in [1.807, 2.05) is 26.8 Å². The lowest BCUT2D eigenvalue weighted by molar-refractivity contribution is -0.757. The molecule has 0 radical (unpaired) electrons. The third-order valence-electron chi connectivity index (χ3n) is 6.36. The molecule has 182 valence electrons.